The molecule has 0 saturated carbocycles. The summed E-state index contributed by atoms with van der Waals surface area (Å²) in [6.45, 7) is 8.54. The number of hydrogen-bond acceptors (Lipinski definition) is 2. The van der Waals surface area contributed by atoms with Gasteiger partial charge in [0.25, 0.3) is 0 Å². The maximum atomic E-state index is 5.95. The number of nitrogens with one attached hydrogen (secondary N) is 1. The Bertz CT molecular complexity index is 299. The minimum absolute atomic E-state index is 0.599. The average molecular weight is 227 g/mol. The molecule has 0 amide bonds. The third-order valence-electron chi connectivity index (χ3n) is 2.76. The Kier molecular flexibility index (Phi) is 5.06. The lowest BCUT2D eigenvalue weighted by molar-refractivity contribution is 0.392. The van der Waals surface area contributed by atoms with Gasteiger partial charge in [0.1, 0.15) is 5.15 Å². The lowest BCUT2D eigenvalue weighted by Crippen LogP contribution is -2.23. The normalized spacial score (nSPS) is 13.1. The monoisotopic (exact) mass is 226 g/mol. The van der Waals surface area contributed by atoms with Crippen LogP contribution in [0.1, 0.15) is 26.3 Å². The van der Waals surface area contributed by atoms with Crippen molar-refractivity contribution < 1.29 is 0 Å². The first-order valence-corrected chi connectivity index (χ1v) is 5.79. The molecule has 0 aliphatic heterocycles. The number of nitrogens with zero attached hydrogens (tertiary/aromatic N) is 1. The van der Waals surface area contributed by atoms with Crippen LogP contribution in [0.5, 0.6) is 0 Å². The van der Waals surface area contributed by atoms with Crippen LogP contribution in [0.15, 0.2) is 18.3 Å². The first-order valence-electron chi connectivity index (χ1n) is 5.41. The molecular formula is C12H19ClN2. The van der Waals surface area contributed by atoms with Crippen molar-refractivity contribution in [1.29, 1.82) is 0 Å². The van der Waals surface area contributed by atoms with Crippen LogP contribution < -0.4 is 5.32 Å². The molecule has 0 fully saturated rings. The van der Waals surface area contributed by atoms with E-state index in [0.717, 1.165) is 18.7 Å². The van der Waals surface area contributed by atoms with E-state index in [1.54, 1.807) is 6.20 Å². The zero-order chi connectivity index (χ0) is 11.3. The summed E-state index contributed by atoms with van der Waals surface area (Å²) in [5.74, 6) is 1.39. The molecule has 0 saturated heterocycles. The molecule has 15 heavy (non-hydrogen) atoms. The Morgan fingerprint density at radius 3 is 2.73 bits per heavy atom. The lowest BCUT2D eigenvalue weighted by Gasteiger charge is -2.16. The molecule has 0 radical (unpaired) electrons. The molecule has 1 rings (SSSR count). The summed E-state index contributed by atoms with van der Waals surface area (Å²) in [4.78, 5) is 4.04. The highest BCUT2D eigenvalue weighted by molar-refractivity contribution is 6.30. The number of aromatic nitrogens is 1. The number of pyridine rings is 1. The largest absolute Gasteiger partial charge is 0.312 e. The summed E-state index contributed by atoms with van der Waals surface area (Å²) >= 11 is 5.95. The van der Waals surface area contributed by atoms with Crippen LogP contribution in [0.2, 0.25) is 5.15 Å². The van der Waals surface area contributed by atoms with Gasteiger partial charge in [-0.1, -0.05) is 38.4 Å². The van der Waals surface area contributed by atoms with Gasteiger partial charge in [0.15, 0.2) is 0 Å². The molecule has 84 valence electrons. The van der Waals surface area contributed by atoms with Crippen molar-refractivity contribution in [2.45, 2.75) is 27.3 Å². The van der Waals surface area contributed by atoms with Crippen molar-refractivity contribution in [2.24, 2.45) is 11.8 Å². The Labute approximate surface area is 97.1 Å². The van der Waals surface area contributed by atoms with Gasteiger partial charge in [0.05, 0.1) is 0 Å². The highest BCUT2D eigenvalue weighted by atomic mass is 35.5. The van der Waals surface area contributed by atoms with Crippen LogP contribution in [0.25, 0.3) is 0 Å². The van der Waals surface area contributed by atoms with Crippen LogP contribution in [-0.2, 0) is 6.54 Å². The molecule has 1 atom stereocenters. The van der Waals surface area contributed by atoms with Gasteiger partial charge in [-0.05, 0) is 24.4 Å². The van der Waals surface area contributed by atoms with Crippen LogP contribution in [0.3, 0.4) is 0 Å². The fourth-order valence-corrected chi connectivity index (χ4v) is 1.41. The molecule has 3 heteroatoms. The Balaban J connectivity index is 2.35. The van der Waals surface area contributed by atoms with Gasteiger partial charge in [-0.3, -0.25) is 0 Å². The van der Waals surface area contributed by atoms with Crippen LogP contribution in [0.4, 0.5) is 0 Å². The second-order valence-corrected chi connectivity index (χ2v) is 4.66. The molecular weight excluding hydrogens is 208 g/mol. The van der Waals surface area contributed by atoms with Crippen LogP contribution in [-0.4, -0.2) is 11.5 Å². The molecule has 2 nitrogen and oxygen atoms in total. The molecule has 1 N–H and O–H groups in total. The van der Waals surface area contributed by atoms with E-state index in [2.05, 4.69) is 31.1 Å². The maximum Gasteiger partial charge on any atom is 0.133 e. The zero-order valence-corrected chi connectivity index (χ0v) is 10.4. The highest BCUT2D eigenvalue weighted by Crippen LogP contribution is 2.12. The minimum atomic E-state index is 0.599. The molecule has 0 spiro atoms. The van der Waals surface area contributed by atoms with Gasteiger partial charge in [-0.15, -0.1) is 0 Å². The topological polar surface area (TPSA) is 24.9 Å². The number of halogens is 1. The molecule has 0 aliphatic rings. The second kappa shape index (κ2) is 6.09. The lowest BCUT2D eigenvalue weighted by atomic mass is 9.98. The molecule has 1 heterocycles. The first kappa shape index (κ1) is 12.5. The third-order valence-corrected chi connectivity index (χ3v) is 3.10. The third kappa shape index (κ3) is 4.18. The van der Waals surface area contributed by atoms with E-state index in [-0.39, 0.29) is 0 Å². The van der Waals surface area contributed by atoms with E-state index in [4.69, 9.17) is 11.6 Å². The van der Waals surface area contributed by atoms with Crippen LogP contribution in [0, 0.1) is 11.8 Å². The predicted molar refractivity (Wildman–Crippen MR) is 65.0 cm³/mol. The Morgan fingerprint density at radius 2 is 2.13 bits per heavy atom. The molecule has 1 aromatic heterocycles. The fourth-order valence-electron chi connectivity index (χ4n) is 1.22. The molecule has 1 unspecified atom stereocenters. The Hall–Kier alpha value is -0.600. The zero-order valence-electron chi connectivity index (χ0n) is 9.63. The summed E-state index contributed by atoms with van der Waals surface area (Å²) in [6, 6.07) is 3.91. The summed E-state index contributed by atoms with van der Waals surface area (Å²) < 4.78 is 0. The van der Waals surface area contributed by atoms with Gasteiger partial charge in [0.2, 0.25) is 0 Å². The molecule has 1 aromatic rings. The van der Waals surface area contributed by atoms with Crippen molar-refractivity contribution in [3.63, 3.8) is 0 Å². The SMILES string of the molecule is CC(C)C(C)CNCc1cccnc1Cl. The van der Waals surface area contributed by atoms with Crippen LogP contribution >= 0.6 is 11.6 Å². The summed E-state index contributed by atoms with van der Waals surface area (Å²) in [5.41, 5.74) is 1.06. The first-order chi connectivity index (χ1) is 7.11. The predicted octanol–water partition coefficient (Wildman–Crippen LogP) is 3.12. The number of hydrogen-bond donors (Lipinski definition) is 1. The molecule has 0 bridgehead atoms. The van der Waals surface area contributed by atoms with Gasteiger partial charge in [-0.25, -0.2) is 4.98 Å². The van der Waals surface area contributed by atoms with E-state index in [1.165, 1.54) is 0 Å². The van der Waals surface area contributed by atoms with E-state index >= 15 is 0 Å². The van der Waals surface area contributed by atoms with Crippen molar-refractivity contribution in [3.8, 4) is 0 Å². The van der Waals surface area contributed by atoms with Crippen molar-refractivity contribution in [2.75, 3.05) is 6.54 Å². The average Bonchev–Trinajstić information content (AvgIpc) is 2.20. The summed E-state index contributed by atoms with van der Waals surface area (Å²) in [5, 5.41) is 4.00. The quantitative estimate of drug-likeness (QED) is 0.781. The summed E-state index contributed by atoms with van der Waals surface area (Å²) in [6.07, 6.45) is 1.71. The van der Waals surface area contributed by atoms with E-state index in [0.29, 0.717) is 17.0 Å². The van der Waals surface area contributed by atoms with Gasteiger partial charge < -0.3 is 5.32 Å². The summed E-state index contributed by atoms with van der Waals surface area (Å²) in [7, 11) is 0. The van der Waals surface area contributed by atoms with E-state index < -0.39 is 0 Å². The number of rotatable bonds is 5. The highest BCUT2D eigenvalue weighted by Gasteiger charge is 2.06. The van der Waals surface area contributed by atoms with Gasteiger partial charge >= 0.3 is 0 Å². The van der Waals surface area contributed by atoms with E-state index in [9.17, 15) is 0 Å². The maximum absolute atomic E-state index is 5.95. The Morgan fingerprint density at radius 1 is 1.40 bits per heavy atom. The van der Waals surface area contributed by atoms with Gasteiger partial charge in [-0.2, -0.15) is 0 Å². The molecule has 0 aromatic carbocycles. The molecule has 0 aliphatic carbocycles. The van der Waals surface area contributed by atoms with Crippen molar-refractivity contribution in [3.05, 3.63) is 29.0 Å². The second-order valence-electron chi connectivity index (χ2n) is 4.31. The van der Waals surface area contributed by atoms with E-state index in [1.807, 2.05) is 12.1 Å². The fraction of sp³-hybridized carbons (Fsp3) is 0.583. The smallest absolute Gasteiger partial charge is 0.133 e. The van der Waals surface area contributed by atoms with Gasteiger partial charge in [0, 0.05) is 18.3 Å². The van der Waals surface area contributed by atoms with Crippen molar-refractivity contribution in [1.82, 2.24) is 10.3 Å². The van der Waals surface area contributed by atoms with Crippen molar-refractivity contribution >= 4 is 11.6 Å². The minimum Gasteiger partial charge on any atom is -0.312 e. The standard InChI is InChI=1S/C12H19ClN2/c1-9(2)10(3)7-14-8-11-5-4-6-15-12(11)13/h4-6,9-10,14H,7-8H2,1-3H3.